The lowest BCUT2D eigenvalue weighted by atomic mass is 9.27. The second kappa shape index (κ2) is 3.08. The molecule has 0 aromatic rings. The molecule has 3 unspecified atom stereocenters. The number of nitrogens with one attached hydrogen (secondary N) is 1. The van der Waals surface area contributed by atoms with Gasteiger partial charge in [0.25, 0.3) is 0 Å². The fraction of sp³-hybridized carbons (Fsp3) is 0.933. The molecule has 2 bridgehead atoms. The summed E-state index contributed by atoms with van der Waals surface area (Å²) in [7, 11) is 0. The summed E-state index contributed by atoms with van der Waals surface area (Å²) in [6.07, 6.45) is 5.77. The van der Waals surface area contributed by atoms with Crippen LogP contribution < -0.4 is 5.32 Å². The Hall–Kier alpha value is -0.440. The van der Waals surface area contributed by atoms with Crippen molar-refractivity contribution in [2.75, 3.05) is 0 Å². The highest BCUT2D eigenvalue weighted by molar-refractivity contribution is 6.19. The highest BCUT2D eigenvalue weighted by atomic mass is 35.5. The zero-order chi connectivity index (χ0) is 13.7. The van der Waals surface area contributed by atoms with E-state index in [4.69, 9.17) is 16.3 Å². The lowest BCUT2D eigenvalue weighted by Gasteiger charge is -2.77. The van der Waals surface area contributed by atoms with Gasteiger partial charge in [-0.05, 0) is 61.2 Å². The van der Waals surface area contributed by atoms with Crippen LogP contribution in [0.5, 0.6) is 0 Å². The SMILES string of the molecule is CC(Cl)OC(=O)NC12CC3(C)CC4CC(C)(C1)C43C2. The maximum atomic E-state index is 11.9. The molecule has 3 nitrogen and oxygen atoms in total. The summed E-state index contributed by atoms with van der Waals surface area (Å²) in [4.78, 5) is 11.9. The third-order valence-electron chi connectivity index (χ3n) is 6.96. The predicted molar refractivity (Wildman–Crippen MR) is 72.9 cm³/mol. The maximum absolute atomic E-state index is 11.9. The van der Waals surface area contributed by atoms with Crippen molar-refractivity contribution < 1.29 is 9.53 Å². The fourth-order valence-electron chi connectivity index (χ4n) is 7.10. The lowest BCUT2D eigenvalue weighted by molar-refractivity contribution is -0.285. The molecule has 0 aliphatic heterocycles. The summed E-state index contributed by atoms with van der Waals surface area (Å²) in [6.45, 7) is 6.53. The van der Waals surface area contributed by atoms with Crippen molar-refractivity contribution in [2.45, 2.75) is 64.0 Å². The van der Waals surface area contributed by atoms with Gasteiger partial charge >= 0.3 is 6.09 Å². The van der Waals surface area contributed by atoms with Crippen LogP contribution in [0.25, 0.3) is 0 Å². The Kier molecular flexibility index (Phi) is 1.99. The molecule has 0 radical (unpaired) electrons. The minimum Gasteiger partial charge on any atom is -0.430 e. The van der Waals surface area contributed by atoms with Crippen LogP contribution in [0.4, 0.5) is 4.79 Å². The number of alkyl halides is 1. The molecule has 0 heterocycles. The van der Waals surface area contributed by atoms with Crippen molar-refractivity contribution in [3.05, 3.63) is 0 Å². The van der Waals surface area contributed by atoms with Crippen molar-refractivity contribution in [2.24, 2.45) is 22.2 Å². The molecule has 4 heteroatoms. The third kappa shape index (κ3) is 1.16. The van der Waals surface area contributed by atoms with E-state index in [9.17, 15) is 4.79 Å². The third-order valence-corrected chi connectivity index (χ3v) is 7.04. The number of ether oxygens (including phenoxy) is 1. The van der Waals surface area contributed by atoms with Crippen LogP contribution in [0.2, 0.25) is 0 Å². The Balaban J connectivity index is 1.59. The molecule has 0 saturated heterocycles. The summed E-state index contributed by atoms with van der Waals surface area (Å²) >= 11 is 5.73. The number of alkyl carbamates (subject to hydrolysis) is 1. The Labute approximate surface area is 119 Å². The van der Waals surface area contributed by atoms with E-state index in [0.717, 1.165) is 25.2 Å². The second-order valence-corrected chi connectivity index (χ2v) is 8.70. The Morgan fingerprint density at radius 2 is 1.84 bits per heavy atom. The van der Waals surface area contributed by atoms with Gasteiger partial charge in [-0.2, -0.15) is 0 Å². The number of carbonyl (C=O) groups is 1. The molecule has 4 aliphatic rings. The molecule has 0 aromatic carbocycles. The molecular weight excluding hydrogens is 262 g/mol. The van der Waals surface area contributed by atoms with E-state index >= 15 is 0 Å². The zero-order valence-corrected chi connectivity index (χ0v) is 12.6. The van der Waals surface area contributed by atoms with Gasteiger partial charge in [-0.15, -0.1) is 0 Å². The van der Waals surface area contributed by atoms with Crippen LogP contribution in [0.15, 0.2) is 0 Å². The number of fused-ring (bicyclic) bond motifs is 1. The summed E-state index contributed by atoms with van der Waals surface area (Å²) in [6, 6.07) is 0. The van der Waals surface area contributed by atoms with Gasteiger partial charge in [-0.3, -0.25) is 0 Å². The summed E-state index contributed by atoms with van der Waals surface area (Å²) in [5.41, 5.74) is 0.813. The van der Waals surface area contributed by atoms with Gasteiger partial charge in [-0.1, -0.05) is 25.4 Å². The van der Waals surface area contributed by atoms with Gasteiger partial charge in [0.2, 0.25) is 0 Å². The van der Waals surface area contributed by atoms with Crippen LogP contribution in [0.1, 0.15) is 52.9 Å². The van der Waals surface area contributed by atoms with Crippen molar-refractivity contribution >= 4 is 17.7 Å². The quantitative estimate of drug-likeness (QED) is 0.786. The van der Waals surface area contributed by atoms with Crippen LogP contribution in [0.3, 0.4) is 0 Å². The highest BCUT2D eigenvalue weighted by Gasteiger charge is 2.86. The first-order valence-corrected chi connectivity index (χ1v) is 7.81. The topological polar surface area (TPSA) is 38.3 Å². The number of hydrogen-bond acceptors (Lipinski definition) is 2. The van der Waals surface area contributed by atoms with Crippen molar-refractivity contribution in [3.63, 3.8) is 0 Å². The van der Waals surface area contributed by atoms with E-state index in [1.165, 1.54) is 12.8 Å². The van der Waals surface area contributed by atoms with Gasteiger partial charge < -0.3 is 10.1 Å². The first-order chi connectivity index (χ1) is 8.74. The first kappa shape index (κ1) is 12.3. The number of rotatable bonds is 2. The van der Waals surface area contributed by atoms with Gasteiger partial charge in [0.05, 0.1) is 0 Å². The van der Waals surface area contributed by atoms with Gasteiger partial charge in [0.1, 0.15) is 0 Å². The largest absolute Gasteiger partial charge is 0.430 e. The average molecular weight is 284 g/mol. The van der Waals surface area contributed by atoms with E-state index in [1.807, 2.05) is 0 Å². The molecule has 4 aliphatic carbocycles. The molecule has 3 atom stereocenters. The summed E-state index contributed by atoms with van der Waals surface area (Å²) in [5, 5.41) is 3.17. The molecule has 1 N–H and O–H groups in total. The van der Waals surface area contributed by atoms with E-state index in [2.05, 4.69) is 19.2 Å². The van der Waals surface area contributed by atoms with Gasteiger partial charge in [0, 0.05) is 5.54 Å². The smallest absolute Gasteiger partial charge is 0.409 e. The van der Waals surface area contributed by atoms with Crippen LogP contribution in [-0.4, -0.2) is 17.2 Å². The van der Waals surface area contributed by atoms with E-state index < -0.39 is 5.56 Å². The minimum atomic E-state index is -0.565. The second-order valence-electron chi connectivity index (χ2n) is 8.08. The van der Waals surface area contributed by atoms with Crippen molar-refractivity contribution in [3.8, 4) is 0 Å². The molecule has 19 heavy (non-hydrogen) atoms. The number of amides is 1. The number of carbonyl (C=O) groups excluding carboxylic acids is 1. The summed E-state index contributed by atoms with van der Waals surface area (Å²) < 4.78 is 5.08. The molecule has 4 saturated carbocycles. The molecule has 4 rings (SSSR count). The zero-order valence-electron chi connectivity index (χ0n) is 11.9. The van der Waals surface area contributed by atoms with Gasteiger partial charge in [0.15, 0.2) is 5.56 Å². The van der Waals surface area contributed by atoms with Gasteiger partial charge in [-0.25, -0.2) is 4.79 Å². The molecular formula is C15H22ClNO2. The molecule has 0 aromatic heterocycles. The minimum absolute atomic E-state index is 0.0301. The molecule has 106 valence electrons. The lowest BCUT2D eigenvalue weighted by Crippen LogP contribution is -2.71. The average Bonchev–Trinajstić information content (AvgIpc) is 2.56. The normalized spacial score (nSPS) is 57.8. The predicted octanol–water partition coefficient (Wildman–Crippen LogP) is 3.66. The number of hydrogen-bond donors (Lipinski definition) is 1. The molecule has 1 spiro atoms. The van der Waals surface area contributed by atoms with Crippen molar-refractivity contribution in [1.29, 1.82) is 0 Å². The van der Waals surface area contributed by atoms with Crippen LogP contribution in [0, 0.1) is 22.2 Å². The fourth-order valence-corrected chi connectivity index (χ4v) is 7.18. The Morgan fingerprint density at radius 1 is 1.26 bits per heavy atom. The standard InChI is InChI=1S/C15H22ClNO2/c1-9(16)19-11(18)17-14-6-12(2)4-10-5-13(3,7-14)15(10,12)8-14/h9-10H,4-8H2,1-3H3,(H,17,18). The van der Waals surface area contributed by atoms with E-state index in [1.54, 1.807) is 6.92 Å². The van der Waals surface area contributed by atoms with Crippen LogP contribution >= 0.6 is 11.6 Å². The van der Waals surface area contributed by atoms with Crippen LogP contribution in [-0.2, 0) is 4.74 Å². The van der Waals surface area contributed by atoms with Crippen molar-refractivity contribution in [1.82, 2.24) is 5.32 Å². The van der Waals surface area contributed by atoms with E-state index in [0.29, 0.717) is 16.2 Å². The maximum Gasteiger partial charge on any atom is 0.409 e. The molecule has 4 fully saturated rings. The number of halogens is 1. The Bertz CT molecular complexity index is 455. The summed E-state index contributed by atoms with van der Waals surface area (Å²) in [5.74, 6) is 0.914. The monoisotopic (exact) mass is 283 g/mol. The highest BCUT2D eigenvalue weighted by Crippen LogP contribution is 2.91. The first-order valence-electron chi connectivity index (χ1n) is 7.37. The molecule has 1 amide bonds. The Morgan fingerprint density at radius 3 is 2.26 bits per heavy atom. The van der Waals surface area contributed by atoms with E-state index in [-0.39, 0.29) is 11.6 Å².